The lowest BCUT2D eigenvalue weighted by atomic mass is 10.0. The zero-order valence-electron chi connectivity index (χ0n) is 14.5. The molecule has 0 aromatic heterocycles. The number of ether oxygens (including phenoxy) is 1. The first-order valence-electron chi connectivity index (χ1n) is 8.74. The number of urea groups is 1. The molecular formula is C18H25N3O4. The van der Waals surface area contributed by atoms with Gasteiger partial charge >= 0.3 is 12.0 Å². The lowest BCUT2D eigenvalue weighted by molar-refractivity contribution is 0.0697. The first kappa shape index (κ1) is 17.5. The Morgan fingerprint density at radius 3 is 2.52 bits per heavy atom. The maximum absolute atomic E-state index is 12.3. The summed E-state index contributed by atoms with van der Waals surface area (Å²) in [7, 11) is 1.68. The number of piperidine rings is 1. The maximum Gasteiger partial charge on any atom is 0.337 e. The van der Waals surface area contributed by atoms with Crippen LogP contribution in [0.15, 0.2) is 24.3 Å². The summed E-state index contributed by atoms with van der Waals surface area (Å²) in [5, 5.41) is 12.4. The van der Waals surface area contributed by atoms with Crippen molar-refractivity contribution in [2.75, 3.05) is 38.2 Å². The van der Waals surface area contributed by atoms with E-state index in [1.165, 1.54) is 0 Å². The number of nitrogens with zero attached hydrogens (tertiary/aromatic N) is 2. The number of nitrogens with one attached hydrogen (secondary N) is 1. The highest BCUT2D eigenvalue weighted by atomic mass is 16.5. The van der Waals surface area contributed by atoms with Gasteiger partial charge in [0, 0.05) is 39.3 Å². The van der Waals surface area contributed by atoms with Crippen LogP contribution in [0.3, 0.4) is 0 Å². The Balaban J connectivity index is 1.52. The van der Waals surface area contributed by atoms with Crippen LogP contribution in [0.2, 0.25) is 0 Å². The summed E-state index contributed by atoms with van der Waals surface area (Å²) in [6.45, 7) is 2.84. The number of methoxy groups -OCH3 is 1. The molecule has 2 saturated heterocycles. The van der Waals surface area contributed by atoms with Crippen molar-refractivity contribution in [2.24, 2.45) is 0 Å². The van der Waals surface area contributed by atoms with E-state index >= 15 is 0 Å². The van der Waals surface area contributed by atoms with Gasteiger partial charge in [0.25, 0.3) is 0 Å². The molecule has 3 rings (SSSR count). The zero-order chi connectivity index (χ0) is 17.8. The molecule has 25 heavy (non-hydrogen) atoms. The number of carboxylic acid groups (broad SMARTS) is 1. The molecule has 1 aromatic carbocycles. The third kappa shape index (κ3) is 4.04. The van der Waals surface area contributed by atoms with Crippen molar-refractivity contribution in [2.45, 2.75) is 31.4 Å². The van der Waals surface area contributed by atoms with Gasteiger partial charge in [-0.1, -0.05) is 12.1 Å². The van der Waals surface area contributed by atoms with Gasteiger partial charge in [-0.25, -0.2) is 9.59 Å². The second-order valence-corrected chi connectivity index (χ2v) is 6.63. The topological polar surface area (TPSA) is 82.1 Å². The van der Waals surface area contributed by atoms with E-state index < -0.39 is 5.97 Å². The van der Waals surface area contributed by atoms with E-state index in [2.05, 4.69) is 10.2 Å². The van der Waals surface area contributed by atoms with Crippen LogP contribution < -0.4 is 10.2 Å². The number of aromatic carboxylic acids is 1. The third-order valence-corrected chi connectivity index (χ3v) is 5.06. The molecule has 2 amide bonds. The van der Waals surface area contributed by atoms with Gasteiger partial charge in [0.2, 0.25) is 0 Å². The molecular weight excluding hydrogens is 322 g/mol. The molecule has 0 unspecified atom stereocenters. The molecule has 0 spiro atoms. The molecule has 2 fully saturated rings. The van der Waals surface area contributed by atoms with Crippen LogP contribution in [0.25, 0.3) is 0 Å². The highest BCUT2D eigenvalue weighted by molar-refractivity contribution is 5.94. The lowest BCUT2D eigenvalue weighted by Crippen LogP contribution is -2.49. The average molecular weight is 347 g/mol. The van der Waals surface area contributed by atoms with Crippen LogP contribution in [-0.4, -0.2) is 67.4 Å². The molecule has 0 bridgehead atoms. The Morgan fingerprint density at radius 1 is 1.16 bits per heavy atom. The third-order valence-electron chi connectivity index (χ3n) is 5.06. The number of benzene rings is 1. The Kier molecular flexibility index (Phi) is 5.43. The van der Waals surface area contributed by atoms with E-state index in [-0.39, 0.29) is 18.2 Å². The average Bonchev–Trinajstić information content (AvgIpc) is 3.12. The van der Waals surface area contributed by atoms with Gasteiger partial charge in [0.05, 0.1) is 17.4 Å². The summed E-state index contributed by atoms with van der Waals surface area (Å²) < 4.78 is 5.30. The number of amides is 2. The Hall–Kier alpha value is -2.28. The molecule has 2 aliphatic rings. The number of carbonyl (C=O) groups excluding carboxylic acids is 1. The van der Waals surface area contributed by atoms with E-state index in [0.29, 0.717) is 12.1 Å². The summed E-state index contributed by atoms with van der Waals surface area (Å²) in [5.41, 5.74) is 1.08. The van der Waals surface area contributed by atoms with E-state index in [1.54, 1.807) is 24.1 Å². The quantitative estimate of drug-likeness (QED) is 0.868. The van der Waals surface area contributed by atoms with Crippen molar-refractivity contribution in [3.8, 4) is 0 Å². The van der Waals surface area contributed by atoms with Crippen molar-refractivity contribution < 1.29 is 19.4 Å². The van der Waals surface area contributed by atoms with Crippen molar-refractivity contribution >= 4 is 17.7 Å². The molecule has 2 heterocycles. The van der Waals surface area contributed by atoms with Gasteiger partial charge in [-0.2, -0.15) is 0 Å². The SMILES string of the molecule is CO[C@H]1CCN(C(=O)NC2CCN(c3ccccc3C(=O)O)CC2)C1. The fourth-order valence-corrected chi connectivity index (χ4v) is 3.57. The first-order chi connectivity index (χ1) is 12.1. The molecule has 7 nitrogen and oxygen atoms in total. The van der Waals surface area contributed by atoms with Crippen molar-refractivity contribution in [3.05, 3.63) is 29.8 Å². The van der Waals surface area contributed by atoms with Crippen molar-refractivity contribution in [1.29, 1.82) is 0 Å². The molecule has 7 heteroatoms. The predicted molar refractivity (Wildman–Crippen MR) is 94.2 cm³/mol. The number of carboxylic acids is 1. The lowest BCUT2D eigenvalue weighted by Gasteiger charge is -2.35. The van der Waals surface area contributed by atoms with Gasteiger partial charge < -0.3 is 25.0 Å². The number of likely N-dealkylation sites (tertiary alicyclic amines) is 1. The van der Waals surface area contributed by atoms with Crippen LogP contribution in [0, 0.1) is 0 Å². The number of anilines is 1. The van der Waals surface area contributed by atoms with E-state index in [9.17, 15) is 14.7 Å². The zero-order valence-corrected chi connectivity index (χ0v) is 14.5. The van der Waals surface area contributed by atoms with Gasteiger partial charge in [-0.05, 0) is 31.4 Å². The molecule has 0 radical (unpaired) electrons. The largest absolute Gasteiger partial charge is 0.478 e. The second kappa shape index (κ2) is 7.74. The summed E-state index contributed by atoms with van der Waals surface area (Å²) in [4.78, 5) is 27.6. The summed E-state index contributed by atoms with van der Waals surface area (Å²) >= 11 is 0. The fourth-order valence-electron chi connectivity index (χ4n) is 3.57. The normalized spacial score (nSPS) is 21.4. The molecule has 2 N–H and O–H groups in total. The van der Waals surface area contributed by atoms with Crippen molar-refractivity contribution in [3.63, 3.8) is 0 Å². The highest BCUT2D eigenvalue weighted by Crippen LogP contribution is 2.24. The van der Waals surface area contributed by atoms with E-state index in [0.717, 1.165) is 44.6 Å². The first-order valence-corrected chi connectivity index (χ1v) is 8.74. The second-order valence-electron chi connectivity index (χ2n) is 6.63. The molecule has 2 aliphatic heterocycles. The maximum atomic E-state index is 12.3. The number of hydrogen-bond acceptors (Lipinski definition) is 4. The van der Waals surface area contributed by atoms with Gasteiger partial charge in [-0.15, -0.1) is 0 Å². The standard InChI is InChI=1S/C18H25N3O4/c1-25-14-8-11-21(12-14)18(24)19-13-6-9-20(10-7-13)16-5-3-2-4-15(16)17(22)23/h2-5,13-14H,6-12H2,1H3,(H,19,24)(H,22,23)/t14-/m0/s1. The minimum atomic E-state index is -0.909. The Morgan fingerprint density at radius 2 is 1.88 bits per heavy atom. The van der Waals surface area contributed by atoms with Gasteiger partial charge in [-0.3, -0.25) is 0 Å². The monoisotopic (exact) mass is 347 g/mol. The smallest absolute Gasteiger partial charge is 0.337 e. The molecule has 136 valence electrons. The Labute approximate surface area is 147 Å². The van der Waals surface area contributed by atoms with Crippen LogP contribution >= 0.6 is 0 Å². The van der Waals surface area contributed by atoms with E-state index in [1.807, 2.05) is 12.1 Å². The summed E-state index contributed by atoms with van der Waals surface area (Å²) in [5.74, 6) is -0.909. The number of para-hydroxylation sites is 1. The molecule has 0 saturated carbocycles. The summed E-state index contributed by atoms with van der Waals surface area (Å²) in [6, 6.07) is 7.17. The fraction of sp³-hybridized carbons (Fsp3) is 0.556. The van der Waals surface area contributed by atoms with Gasteiger partial charge in [0.1, 0.15) is 0 Å². The highest BCUT2D eigenvalue weighted by Gasteiger charge is 2.29. The Bertz CT molecular complexity index is 629. The minimum Gasteiger partial charge on any atom is -0.478 e. The summed E-state index contributed by atoms with van der Waals surface area (Å²) in [6.07, 6.45) is 2.64. The minimum absolute atomic E-state index is 0.0241. The number of hydrogen-bond donors (Lipinski definition) is 2. The number of rotatable bonds is 4. The van der Waals surface area contributed by atoms with Crippen LogP contribution in [-0.2, 0) is 4.74 Å². The van der Waals surface area contributed by atoms with E-state index in [4.69, 9.17) is 4.74 Å². The molecule has 1 aromatic rings. The molecule has 0 aliphatic carbocycles. The molecule has 1 atom stereocenters. The predicted octanol–water partition coefficient (Wildman–Crippen LogP) is 1.78. The van der Waals surface area contributed by atoms with Crippen LogP contribution in [0.1, 0.15) is 29.6 Å². The number of carbonyl (C=O) groups is 2. The van der Waals surface area contributed by atoms with Crippen LogP contribution in [0.4, 0.5) is 10.5 Å². The van der Waals surface area contributed by atoms with Gasteiger partial charge in [0.15, 0.2) is 0 Å². The van der Waals surface area contributed by atoms with Crippen molar-refractivity contribution in [1.82, 2.24) is 10.2 Å². The van der Waals surface area contributed by atoms with Crippen LogP contribution in [0.5, 0.6) is 0 Å².